The largest absolute Gasteiger partial charge is 0.392 e. The molecule has 0 bridgehead atoms. The van der Waals surface area contributed by atoms with Gasteiger partial charge in [0.05, 0.1) is 19.3 Å². The molecular weight excluding hydrogens is 194 g/mol. The van der Waals surface area contributed by atoms with Crippen molar-refractivity contribution in [1.82, 2.24) is 9.97 Å². The summed E-state index contributed by atoms with van der Waals surface area (Å²) in [7, 11) is 1.97. The van der Waals surface area contributed by atoms with Crippen LogP contribution in [0, 0.1) is 0 Å². The molecule has 82 valence electrons. The van der Waals surface area contributed by atoms with Crippen LogP contribution in [-0.4, -0.2) is 41.4 Å². The standard InChI is InChI=1S/C10H15N3O2/c1-13(9-2-3-15-7-9)10-11-4-8(6-14)5-12-10/h4-5,9,14H,2-3,6-7H2,1H3. The van der Waals surface area contributed by atoms with E-state index in [0.29, 0.717) is 12.0 Å². The highest BCUT2D eigenvalue weighted by Crippen LogP contribution is 2.15. The first-order chi connectivity index (χ1) is 7.31. The number of aromatic nitrogens is 2. The fraction of sp³-hybridized carbons (Fsp3) is 0.600. The van der Waals surface area contributed by atoms with Gasteiger partial charge < -0.3 is 14.7 Å². The quantitative estimate of drug-likeness (QED) is 0.770. The van der Waals surface area contributed by atoms with Gasteiger partial charge in [-0.25, -0.2) is 9.97 Å². The maximum absolute atomic E-state index is 8.87. The van der Waals surface area contributed by atoms with Crippen molar-refractivity contribution in [3.63, 3.8) is 0 Å². The van der Waals surface area contributed by atoms with Crippen LogP contribution in [0.5, 0.6) is 0 Å². The minimum Gasteiger partial charge on any atom is -0.392 e. The lowest BCUT2D eigenvalue weighted by Crippen LogP contribution is -2.33. The Bertz CT molecular complexity index is 309. The number of hydrogen-bond donors (Lipinski definition) is 1. The number of likely N-dealkylation sites (N-methyl/N-ethyl adjacent to an activating group) is 1. The Morgan fingerprint density at radius 2 is 2.27 bits per heavy atom. The zero-order valence-electron chi connectivity index (χ0n) is 8.76. The monoisotopic (exact) mass is 209 g/mol. The van der Waals surface area contributed by atoms with Crippen molar-refractivity contribution >= 4 is 5.95 Å². The van der Waals surface area contributed by atoms with Gasteiger partial charge in [-0.2, -0.15) is 0 Å². The van der Waals surface area contributed by atoms with E-state index >= 15 is 0 Å². The normalized spacial score (nSPS) is 20.5. The molecule has 2 rings (SSSR count). The predicted molar refractivity (Wildman–Crippen MR) is 55.6 cm³/mol. The lowest BCUT2D eigenvalue weighted by Gasteiger charge is -2.22. The van der Waals surface area contributed by atoms with Crippen molar-refractivity contribution in [3.8, 4) is 0 Å². The third kappa shape index (κ3) is 2.24. The van der Waals surface area contributed by atoms with E-state index in [2.05, 4.69) is 9.97 Å². The van der Waals surface area contributed by atoms with Gasteiger partial charge in [0.1, 0.15) is 0 Å². The average molecular weight is 209 g/mol. The number of aliphatic hydroxyl groups is 1. The van der Waals surface area contributed by atoms with E-state index in [0.717, 1.165) is 25.2 Å². The summed E-state index contributed by atoms with van der Waals surface area (Å²) in [6.45, 7) is 1.53. The van der Waals surface area contributed by atoms with Crippen LogP contribution >= 0.6 is 0 Å². The van der Waals surface area contributed by atoms with Crippen molar-refractivity contribution in [2.75, 3.05) is 25.2 Å². The Balaban J connectivity index is 2.07. The second-order valence-corrected chi connectivity index (χ2v) is 3.68. The molecule has 15 heavy (non-hydrogen) atoms. The summed E-state index contributed by atoms with van der Waals surface area (Å²) in [5, 5.41) is 8.87. The van der Waals surface area contributed by atoms with Crippen LogP contribution in [-0.2, 0) is 11.3 Å². The summed E-state index contributed by atoms with van der Waals surface area (Å²) in [5.41, 5.74) is 0.731. The SMILES string of the molecule is CN(c1ncc(CO)cn1)C1CCOC1. The molecule has 0 amide bonds. The second-order valence-electron chi connectivity index (χ2n) is 3.68. The molecule has 2 heterocycles. The molecule has 0 radical (unpaired) electrons. The van der Waals surface area contributed by atoms with E-state index in [1.807, 2.05) is 11.9 Å². The second kappa shape index (κ2) is 4.55. The molecule has 1 unspecified atom stereocenters. The highest BCUT2D eigenvalue weighted by Gasteiger charge is 2.21. The number of ether oxygens (including phenoxy) is 1. The lowest BCUT2D eigenvalue weighted by molar-refractivity contribution is 0.193. The van der Waals surface area contributed by atoms with E-state index in [1.54, 1.807) is 12.4 Å². The van der Waals surface area contributed by atoms with Gasteiger partial charge in [-0.3, -0.25) is 0 Å². The van der Waals surface area contributed by atoms with Gasteiger partial charge in [-0.05, 0) is 6.42 Å². The van der Waals surface area contributed by atoms with Gasteiger partial charge in [0.25, 0.3) is 0 Å². The van der Waals surface area contributed by atoms with Crippen LogP contribution in [0.1, 0.15) is 12.0 Å². The number of rotatable bonds is 3. The van der Waals surface area contributed by atoms with Crippen LogP contribution < -0.4 is 4.90 Å². The average Bonchev–Trinajstić information content (AvgIpc) is 2.82. The Labute approximate surface area is 88.7 Å². The van der Waals surface area contributed by atoms with Crippen LogP contribution in [0.3, 0.4) is 0 Å². The van der Waals surface area contributed by atoms with Crippen molar-refractivity contribution in [1.29, 1.82) is 0 Å². The molecule has 0 aromatic carbocycles. The van der Waals surface area contributed by atoms with E-state index in [4.69, 9.17) is 9.84 Å². The van der Waals surface area contributed by atoms with Gasteiger partial charge in [0, 0.05) is 31.6 Å². The van der Waals surface area contributed by atoms with E-state index in [9.17, 15) is 0 Å². The summed E-state index contributed by atoms with van der Waals surface area (Å²) in [6, 6.07) is 0.366. The molecule has 1 aliphatic rings. The number of nitrogens with zero attached hydrogens (tertiary/aromatic N) is 3. The first kappa shape index (κ1) is 10.3. The molecule has 1 aromatic heterocycles. The third-order valence-corrected chi connectivity index (χ3v) is 2.64. The van der Waals surface area contributed by atoms with E-state index < -0.39 is 0 Å². The minimum absolute atomic E-state index is 0.0173. The zero-order chi connectivity index (χ0) is 10.7. The molecule has 1 aromatic rings. The van der Waals surface area contributed by atoms with Crippen molar-refractivity contribution in [2.45, 2.75) is 19.1 Å². The van der Waals surface area contributed by atoms with Crippen LogP contribution in [0.15, 0.2) is 12.4 Å². The van der Waals surface area contributed by atoms with Gasteiger partial charge in [0.2, 0.25) is 5.95 Å². The Hall–Kier alpha value is -1.20. The van der Waals surface area contributed by atoms with Gasteiger partial charge in [-0.1, -0.05) is 0 Å². The number of anilines is 1. The highest BCUT2D eigenvalue weighted by atomic mass is 16.5. The summed E-state index contributed by atoms with van der Waals surface area (Å²) in [5.74, 6) is 0.683. The smallest absolute Gasteiger partial charge is 0.225 e. The molecule has 0 saturated carbocycles. The lowest BCUT2D eigenvalue weighted by atomic mass is 10.2. The molecule has 1 atom stereocenters. The van der Waals surface area contributed by atoms with Gasteiger partial charge >= 0.3 is 0 Å². The fourth-order valence-corrected chi connectivity index (χ4v) is 1.60. The zero-order valence-corrected chi connectivity index (χ0v) is 8.76. The topological polar surface area (TPSA) is 58.5 Å². The summed E-state index contributed by atoms with van der Waals surface area (Å²) < 4.78 is 5.31. The maximum Gasteiger partial charge on any atom is 0.225 e. The Morgan fingerprint density at radius 3 is 2.80 bits per heavy atom. The molecular formula is C10H15N3O2. The van der Waals surface area contributed by atoms with Crippen LogP contribution in [0.4, 0.5) is 5.95 Å². The van der Waals surface area contributed by atoms with Crippen LogP contribution in [0.25, 0.3) is 0 Å². The molecule has 1 aliphatic heterocycles. The van der Waals surface area contributed by atoms with Crippen molar-refractivity contribution in [3.05, 3.63) is 18.0 Å². The first-order valence-electron chi connectivity index (χ1n) is 5.03. The fourth-order valence-electron chi connectivity index (χ4n) is 1.60. The van der Waals surface area contributed by atoms with Crippen molar-refractivity contribution in [2.24, 2.45) is 0 Å². The Kier molecular flexibility index (Phi) is 3.13. The minimum atomic E-state index is -0.0173. The summed E-state index contributed by atoms with van der Waals surface area (Å²) in [6.07, 6.45) is 4.31. The molecule has 5 nitrogen and oxygen atoms in total. The predicted octanol–water partition coefficient (Wildman–Crippen LogP) is 0.194. The van der Waals surface area contributed by atoms with Gasteiger partial charge in [-0.15, -0.1) is 0 Å². The number of hydrogen-bond acceptors (Lipinski definition) is 5. The third-order valence-electron chi connectivity index (χ3n) is 2.64. The summed E-state index contributed by atoms with van der Waals surface area (Å²) in [4.78, 5) is 10.4. The van der Waals surface area contributed by atoms with Gasteiger partial charge in [0.15, 0.2) is 0 Å². The van der Waals surface area contributed by atoms with Crippen LogP contribution in [0.2, 0.25) is 0 Å². The highest BCUT2D eigenvalue weighted by molar-refractivity contribution is 5.30. The molecule has 1 fully saturated rings. The number of aliphatic hydroxyl groups excluding tert-OH is 1. The maximum atomic E-state index is 8.87. The van der Waals surface area contributed by atoms with E-state index in [1.165, 1.54) is 0 Å². The Morgan fingerprint density at radius 1 is 1.53 bits per heavy atom. The molecule has 1 N–H and O–H groups in total. The summed E-state index contributed by atoms with van der Waals surface area (Å²) >= 11 is 0. The van der Waals surface area contributed by atoms with Crippen molar-refractivity contribution < 1.29 is 9.84 Å². The van der Waals surface area contributed by atoms with E-state index in [-0.39, 0.29) is 6.61 Å². The molecule has 1 saturated heterocycles. The first-order valence-corrected chi connectivity index (χ1v) is 5.03. The molecule has 0 spiro atoms. The molecule has 0 aliphatic carbocycles. The molecule has 5 heteroatoms.